The quantitative estimate of drug-likeness (QED) is 0.752. The van der Waals surface area contributed by atoms with Crippen molar-refractivity contribution in [1.29, 1.82) is 0 Å². The lowest BCUT2D eigenvalue weighted by Gasteiger charge is -2.04. The number of carbonyl (C=O) groups is 1. The van der Waals surface area contributed by atoms with Gasteiger partial charge >= 0.3 is 16.6 Å². The summed E-state index contributed by atoms with van der Waals surface area (Å²) in [5, 5.41) is 10.4. The summed E-state index contributed by atoms with van der Waals surface area (Å²) < 4.78 is 6.11. The molecule has 0 bridgehead atoms. The molecular formula is C12H8N2O5S. The molecule has 0 aliphatic heterocycles. The van der Waals surface area contributed by atoms with Crippen molar-refractivity contribution >= 4 is 28.4 Å². The van der Waals surface area contributed by atoms with Gasteiger partial charge in [-0.1, -0.05) is 17.4 Å². The molecule has 0 aliphatic rings. The zero-order valence-corrected chi connectivity index (χ0v) is 10.8. The van der Waals surface area contributed by atoms with Crippen LogP contribution in [0.2, 0.25) is 0 Å². The Kier molecular flexibility index (Phi) is 2.79. The lowest BCUT2D eigenvalue weighted by molar-refractivity contribution is -0.137. The summed E-state index contributed by atoms with van der Waals surface area (Å²) in [4.78, 5) is 35.7. The number of carboxylic acids is 1. The first-order valence-corrected chi connectivity index (χ1v) is 6.46. The molecule has 0 spiro atoms. The van der Waals surface area contributed by atoms with Gasteiger partial charge in [0, 0.05) is 10.9 Å². The average molecular weight is 292 g/mol. The Morgan fingerprint density at radius 3 is 2.95 bits per heavy atom. The predicted molar refractivity (Wildman–Crippen MR) is 72.0 cm³/mol. The van der Waals surface area contributed by atoms with Crippen LogP contribution in [0.1, 0.15) is 0 Å². The van der Waals surface area contributed by atoms with Crippen LogP contribution in [0.4, 0.5) is 0 Å². The van der Waals surface area contributed by atoms with Crippen LogP contribution in [0.3, 0.4) is 0 Å². The molecule has 0 radical (unpaired) electrons. The fourth-order valence-corrected chi connectivity index (χ4v) is 2.71. The minimum absolute atomic E-state index is 0.349. The van der Waals surface area contributed by atoms with Crippen molar-refractivity contribution in [2.24, 2.45) is 0 Å². The van der Waals surface area contributed by atoms with Gasteiger partial charge in [-0.05, 0) is 12.1 Å². The monoisotopic (exact) mass is 292 g/mol. The van der Waals surface area contributed by atoms with E-state index in [1.165, 1.54) is 4.57 Å². The van der Waals surface area contributed by atoms with E-state index < -0.39 is 18.3 Å². The van der Waals surface area contributed by atoms with Crippen molar-refractivity contribution < 1.29 is 14.3 Å². The Hall–Kier alpha value is -2.61. The topological polar surface area (TPSA) is 105 Å². The van der Waals surface area contributed by atoms with Gasteiger partial charge in [0.2, 0.25) is 0 Å². The van der Waals surface area contributed by atoms with Crippen LogP contribution in [-0.4, -0.2) is 20.6 Å². The summed E-state index contributed by atoms with van der Waals surface area (Å²) in [6.45, 7) is -0.410. The van der Waals surface area contributed by atoms with E-state index in [4.69, 9.17) is 9.52 Å². The number of carboxylic acid groups (broad SMARTS) is 1. The largest absolute Gasteiger partial charge is 0.480 e. The van der Waals surface area contributed by atoms with Gasteiger partial charge < -0.3 is 9.52 Å². The van der Waals surface area contributed by atoms with Crippen LogP contribution in [-0.2, 0) is 11.3 Å². The second-order valence-electron chi connectivity index (χ2n) is 4.09. The highest BCUT2D eigenvalue weighted by molar-refractivity contribution is 7.07. The number of nitrogens with one attached hydrogen (secondary N) is 1. The number of aromatic amines is 1. The minimum Gasteiger partial charge on any atom is -0.480 e. The van der Waals surface area contributed by atoms with Gasteiger partial charge in [-0.2, -0.15) is 0 Å². The van der Waals surface area contributed by atoms with Crippen molar-refractivity contribution in [3.05, 3.63) is 43.8 Å². The van der Waals surface area contributed by atoms with Gasteiger partial charge in [0.25, 0.3) is 0 Å². The third kappa shape index (κ3) is 2.05. The molecule has 2 aromatic heterocycles. The SMILES string of the molecule is O=C(O)Cn1c(-c2ccc3[nH]c(=O)oc3c2)csc1=O. The van der Waals surface area contributed by atoms with E-state index in [1.54, 1.807) is 23.6 Å². The van der Waals surface area contributed by atoms with Gasteiger partial charge in [-0.3, -0.25) is 19.1 Å². The van der Waals surface area contributed by atoms with E-state index >= 15 is 0 Å². The summed E-state index contributed by atoms with van der Waals surface area (Å²) in [5.74, 6) is -1.66. The maximum atomic E-state index is 11.7. The van der Waals surface area contributed by atoms with Gasteiger partial charge in [0.05, 0.1) is 11.2 Å². The van der Waals surface area contributed by atoms with E-state index in [9.17, 15) is 14.4 Å². The van der Waals surface area contributed by atoms with Crippen molar-refractivity contribution in [2.45, 2.75) is 6.54 Å². The van der Waals surface area contributed by atoms with Crippen molar-refractivity contribution in [2.75, 3.05) is 0 Å². The number of aromatic nitrogens is 2. The number of nitrogens with zero attached hydrogens (tertiary/aromatic N) is 1. The van der Waals surface area contributed by atoms with Crippen molar-refractivity contribution in [1.82, 2.24) is 9.55 Å². The average Bonchev–Trinajstić information content (AvgIpc) is 2.91. The maximum absolute atomic E-state index is 11.7. The van der Waals surface area contributed by atoms with Crippen LogP contribution in [0.5, 0.6) is 0 Å². The molecular weight excluding hydrogens is 284 g/mol. The van der Waals surface area contributed by atoms with Gasteiger partial charge in [-0.25, -0.2) is 4.79 Å². The zero-order valence-electron chi connectivity index (χ0n) is 9.95. The third-order valence-corrected chi connectivity index (χ3v) is 3.56. The number of oxazole rings is 1. The Bertz CT molecular complexity index is 914. The van der Waals surface area contributed by atoms with E-state index in [0.29, 0.717) is 22.4 Å². The normalized spacial score (nSPS) is 11.0. The van der Waals surface area contributed by atoms with Crippen molar-refractivity contribution in [3.63, 3.8) is 0 Å². The number of hydrogen-bond donors (Lipinski definition) is 2. The van der Waals surface area contributed by atoms with Gasteiger partial charge in [0.1, 0.15) is 6.54 Å². The molecule has 0 atom stereocenters. The van der Waals surface area contributed by atoms with Crippen LogP contribution in [0.25, 0.3) is 22.4 Å². The summed E-state index contributed by atoms with van der Waals surface area (Å²) in [5.41, 5.74) is 1.99. The highest BCUT2D eigenvalue weighted by atomic mass is 32.1. The lowest BCUT2D eigenvalue weighted by Crippen LogP contribution is -2.19. The summed E-state index contributed by atoms with van der Waals surface area (Å²) >= 11 is 0.922. The van der Waals surface area contributed by atoms with Crippen LogP contribution in [0.15, 0.2) is 37.6 Å². The zero-order chi connectivity index (χ0) is 14.3. The number of benzene rings is 1. The fraction of sp³-hybridized carbons (Fsp3) is 0.0833. The molecule has 0 aliphatic carbocycles. The molecule has 0 fully saturated rings. The van der Waals surface area contributed by atoms with E-state index in [1.807, 2.05) is 0 Å². The number of hydrogen-bond acceptors (Lipinski definition) is 5. The molecule has 3 aromatic rings. The van der Waals surface area contributed by atoms with E-state index in [2.05, 4.69) is 4.98 Å². The number of rotatable bonds is 3. The second kappa shape index (κ2) is 4.49. The number of H-pyrrole nitrogens is 1. The lowest BCUT2D eigenvalue weighted by atomic mass is 10.1. The summed E-state index contributed by atoms with van der Waals surface area (Å²) in [6.07, 6.45) is 0. The highest BCUT2D eigenvalue weighted by Crippen LogP contribution is 2.23. The Morgan fingerprint density at radius 1 is 1.40 bits per heavy atom. The molecule has 0 saturated heterocycles. The first kappa shape index (κ1) is 12.4. The van der Waals surface area contributed by atoms with E-state index in [0.717, 1.165) is 11.3 Å². The summed E-state index contributed by atoms with van der Waals surface area (Å²) in [6, 6.07) is 4.92. The molecule has 20 heavy (non-hydrogen) atoms. The Labute approximate surface area is 114 Å². The van der Waals surface area contributed by atoms with Crippen LogP contribution in [0, 0.1) is 0 Å². The Balaban J connectivity index is 2.17. The Morgan fingerprint density at radius 2 is 2.20 bits per heavy atom. The van der Waals surface area contributed by atoms with Gasteiger partial charge in [-0.15, -0.1) is 0 Å². The third-order valence-electron chi connectivity index (χ3n) is 2.79. The second-order valence-corrected chi connectivity index (χ2v) is 4.91. The van der Waals surface area contributed by atoms with Crippen LogP contribution < -0.4 is 10.6 Å². The minimum atomic E-state index is -1.10. The molecule has 0 unspecified atom stereocenters. The molecule has 3 rings (SSSR count). The molecule has 1 aromatic carbocycles. The predicted octanol–water partition coefficient (Wildman–Crippen LogP) is 1.10. The highest BCUT2D eigenvalue weighted by Gasteiger charge is 2.13. The molecule has 0 saturated carbocycles. The van der Waals surface area contributed by atoms with Gasteiger partial charge in [0.15, 0.2) is 5.58 Å². The van der Waals surface area contributed by atoms with Crippen molar-refractivity contribution in [3.8, 4) is 11.3 Å². The molecule has 2 heterocycles. The number of aliphatic carboxylic acids is 1. The fourth-order valence-electron chi connectivity index (χ4n) is 1.95. The molecule has 0 amide bonds. The maximum Gasteiger partial charge on any atom is 0.417 e. The first-order valence-electron chi connectivity index (χ1n) is 5.58. The smallest absolute Gasteiger partial charge is 0.417 e. The molecule has 8 heteroatoms. The first-order chi connectivity index (χ1) is 9.54. The molecule has 102 valence electrons. The van der Waals surface area contributed by atoms with Crippen LogP contribution >= 0.6 is 11.3 Å². The molecule has 2 N–H and O–H groups in total. The molecule has 7 nitrogen and oxygen atoms in total. The summed E-state index contributed by atoms with van der Waals surface area (Å²) in [7, 11) is 0. The number of fused-ring (bicyclic) bond motifs is 1. The number of thiazole rings is 1. The van der Waals surface area contributed by atoms with E-state index in [-0.39, 0.29) is 4.87 Å². The standard InChI is InChI=1S/C12H8N2O5S/c15-10(16)4-14-8(5-20-12(14)18)6-1-2-7-9(3-6)19-11(17)13-7/h1-3,5H,4H2,(H,13,17)(H,15,16).